The number of amides is 1. The Balaban J connectivity index is 2.17. The third kappa shape index (κ3) is 4.72. The number of ketones is 1. The molecule has 0 saturated carbocycles. The number of rotatable bonds is 6. The number of anilines is 1. The molecule has 0 aliphatic carbocycles. The molecule has 1 fully saturated rings. The molecule has 1 aromatic rings. The summed E-state index contributed by atoms with van der Waals surface area (Å²) in [5.41, 5.74) is 0.143. The lowest BCUT2D eigenvalue weighted by atomic mass is 9.92. The number of esters is 1. The van der Waals surface area contributed by atoms with Gasteiger partial charge in [0.05, 0.1) is 18.7 Å². The van der Waals surface area contributed by atoms with Gasteiger partial charge >= 0.3 is 5.97 Å². The number of ether oxygens (including phenoxy) is 1. The van der Waals surface area contributed by atoms with Crippen LogP contribution in [-0.4, -0.2) is 48.8 Å². The van der Waals surface area contributed by atoms with E-state index >= 15 is 0 Å². The zero-order valence-electron chi connectivity index (χ0n) is 16.2. The SMILES string of the molecule is CCOC(=O)c1c(NC(=O)CN2C[C@@H](C)C[C@H](C)C2)oc(C)c1C(C)=O. The van der Waals surface area contributed by atoms with Crippen molar-refractivity contribution in [3.8, 4) is 0 Å². The zero-order chi connectivity index (χ0) is 19.4. The third-order valence-corrected chi connectivity index (χ3v) is 4.48. The molecule has 0 aromatic carbocycles. The summed E-state index contributed by atoms with van der Waals surface area (Å²) >= 11 is 0. The molecule has 7 heteroatoms. The van der Waals surface area contributed by atoms with Crippen molar-refractivity contribution in [1.29, 1.82) is 0 Å². The number of aryl methyl sites for hydroxylation is 1. The number of hydrogen-bond acceptors (Lipinski definition) is 6. The smallest absolute Gasteiger partial charge is 0.344 e. The van der Waals surface area contributed by atoms with E-state index in [1.807, 2.05) is 0 Å². The zero-order valence-corrected chi connectivity index (χ0v) is 16.2. The fourth-order valence-electron chi connectivity index (χ4n) is 3.75. The van der Waals surface area contributed by atoms with Crippen LogP contribution in [0, 0.1) is 18.8 Å². The van der Waals surface area contributed by atoms with Gasteiger partial charge in [0.2, 0.25) is 11.8 Å². The van der Waals surface area contributed by atoms with Gasteiger partial charge in [0.25, 0.3) is 0 Å². The quantitative estimate of drug-likeness (QED) is 0.617. The van der Waals surface area contributed by atoms with Crippen LogP contribution in [-0.2, 0) is 9.53 Å². The molecule has 0 radical (unpaired) electrons. The summed E-state index contributed by atoms with van der Waals surface area (Å²) in [5, 5.41) is 2.64. The normalized spacial score (nSPS) is 20.7. The Bertz CT molecular complexity index is 684. The van der Waals surface area contributed by atoms with Crippen molar-refractivity contribution in [2.24, 2.45) is 11.8 Å². The largest absolute Gasteiger partial charge is 0.462 e. The van der Waals surface area contributed by atoms with E-state index in [1.54, 1.807) is 13.8 Å². The molecule has 2 rings (SSSR count). The summed E-state index contributed by atoms with van der Waals surface area (Å²) in [4.78, 5) is 38.7. The van der Waals surface area contributed by atoms with E-state index in [0.717, 1.165) is 19.5 Å². The van der Waals surface area contributed by atoms with Crippen molar-refractivity contribution < 1.29 is 23.5 Å². The first-order valence-corrected chi connectivity index (χ1v) is 9.06. The first-order chi connectivity index (χ1) is 12.2. The molecule has 1 aromatic heterocycles. The van der Waals surface area contributed by atoms with Crippen molar-refractivity contribution in [2.45, 2.75) is 41.0 Å². The van der Waals surface area contributed by atoms with E-state index in [0.29, 0.717) is 11.8 Å². The summed E-state index contributed by atoms with van der Waals surface area (Å²) < 4.78 is 10.5. The fourth-order valence-corrected chi connectivity index (χ4v) is 3.75. The molecule has 1 saturated heterocycles. The highest BCUT2D eigenvalue weighted by atomic mass is 16.5. The molecule has 2 heterocycles. The van der Waals surface area contributed by atoms with Gasteiger partial charge < -0.3 is 9.15 Å². The van der Waals surface area contributed by atoms with E-state index in [4.69, 9.17) is 9.15 Å². The van der Waals surface area contributed by atoms with Crippen molar-refractivity contribution in [3.05, 3.63) is 16.9 Å². The van der Waals surface area contributed by atoms with Crippen LogP contribution >= 0.6 is 0 Å². The van der Waals surface area contributed by atoms with Gasteiger partial charge in [-0.15, -0.1) is 0 Å². The van der Waals surface area contributed by atoms with Gasteiger partial charge in [-0.2, -0.15) is 0 Å². The second kappa shape index (κ2) is 8.49. The minimum absolute atomic E-state index is 0.00872. The van der Waals surface area contributed by atoms with E-state index in [9.17, 15) is 14.4 Å². The molecule has 1 aliphatic rings. The molecule has 0 spiro atoms. The van der Waals surface area contributed by atoms with Crippen molar-refractivity contribution >= 4 is 23.5 Å². The maximum Gasteiger partial charge on any atom is 0.344 e. The van der Waals surface area contributed by atoms with Gasteiger partial charge in [-0.05, 0) is 39.0 Å². The monoisotopic (exact) mass is 364 g/mol. The first-order valence-electron chi connectivity index (χ1n) is 9.06. The maximum atomic E-state index is 12.5. The second-order valence-corrected chi connectivity index (χ2v) is 7.20. The Kier molecular flexibility index (Phi) is 6.58. The highest BCUT2D eigenvalue weighted by Gasteiger charge is 2.29. The lowest BCUT2D eigenvalue weighted by Gasteiger charge is -2.34. The molecule has 1 aliphatic heterocycles. The number of carbonyl (C=O) groups is 3. The minimum Gasteiger partial charge on any atom is -0.462 e. The number of nitrogens with one attached hydrogen (secondary N) is 1. The molecular formula is C19H28N2O5. The summed E-state index contributed by atoms with van der Waals surface area (Å²) in [6.45, 7) is 11.1. The summed E-state index contributed by atoms with van der Waals surface area (Å²) in [7, 11) is 0. The maximum absolute atomic E-state index is 12.5. The van der Waals surface area contributed by atoms with Crippen LogP contribution in [0.1, 0.15) is 60.6 Å². The second-order valence-electron chi connectivity index (χ2n) is 7.20. The number of carbonyl (C=O) groups excluding carboxylic acids is 3. The van der Waals surface area contributed by atoms with Crippen LogP contribution in [0.15, 0.2) is 4.42 Å². The molecular weight excluding hydrogens is 336 g/mol. The van der Waals surface area contributed by atoms with E-state index in [1.165, 1.54) is 6.92 Å². The number of hydrogen-bond donors (Lipinski definition) is 1. The average Bonchev–Trinajstić information content (AvgIpc) is 2.82. The average molecular weight is 364 g/mol. The number of nitrogens with zero attached hydrogens (tertiary/aromatic N) is 1. The van der Waals surface area contributed by atoms with Crippen LogP contribution in [0.2, 0.25) is 0 Å². The summed E-state index contributed by atoms with van der Waals surface area (Å²) in [6, 6.07) is 0. The van der Waals surface area contributed by atoms with Gasteiger partial charge in [-0.3, -0.25) is 19.8 Å². The Morgan fingerprint density at radius 3 is 2.35 bits per heavy atom. The van der Waals surface area contributed by atoms with Crippen LogP contribution < -0.4 is 5.32 Å². The minimum atomic E-state index is -0.676. The van der Waals surface area contributed by atoms with Crippen LogP contribution in [0.5, 0.6) is 0 Å². The Hall–Kier alpha value is -2.15. The number of Topliss-reactive ketones (excluding diaryl/α,β-unsaturated/α-hetero) is 1. The molecule has 0 bridgehead atoms. The summed E-state index contributed by atoms with van der Waals surface area (Å²) in [6.07, 6.45) is 1.16. The molecule has 0 unspecified atom stereocenters. The fraction of sp³-hybridized carbons (Fsp3) is 0.632. The van der Waals surface area contributed by atoms with Crippen LogP contribution in [0.3, 0.4) is 0 Å². The van der Waals surface area contributed by atoms with Crippen LogP contribution in [0.25, 0.3) is 0 Å². The van der Waals surface area contributed by atoms with E-state index < -0.39 is 5.97 Å². The predicted molar refractivity (Wildman–Crippen MR) is 97.4 cm³/mol. The van der Waals surface area contributed by atoms with Crippen molar-refractivity contribution in [1.82, 2.24) is 4.90 Å². The van der Waals surface area contributed by atoms with Gasteiger partial charge in [-0.1, -0.05) is 13.8 Å². The first kappa shape index (κ1) is 20.2. The molecule has 1 N–H and O–H groups in total. The van der Waals surface area contributed by atoms with Gasteiger partial charge in [-0.25, -0.2) is 4.79 Å². The lowest BCUT2D eigenvalue weighted by molar-refractivity contribution is -0.118. The lowest BCUT2D eigenvalue weighted by Crippen LogP contribution is -2.42. The van der Waals surface area contributed by atoms with Crippen LogP contribution in [0.4, 0.5) is 5.88 Å². The molecule has 144 valence electrons. The number of furan rings is 1. The molecule has 1 amide bonds. The van der Waals surface area contributed by atoms with Gasteiger partial charge in [0, 0.05) is 13.1 Å². The van der Waals surface area contributed by atoms with Gasteiger partial charge in [0.15, 0.2) is 5.78 Å². The Labute approximate surface area is 154 Å². The predicted octanol–water partition coefficient (Wildman–Crippen LogP) is 2.88. The standard InChI is InChI=1S/C19H28N2O5/c1-6-25-19(24)17-16(13(4)22)14(5)26-18(17)20-15(23)10-21-8-11(2)7-12(3)9-21/h11-12H,6-10H2,1-5H3,(H,20,23)/t11-,12-/m0/s1. The third-order valence-electron chi connectivity index (χ3n) is 4.48. The highest BCUT2D eigenvalue weighted by molar-refractivity contribution is 6.10. The Morgan fingerprint density at radius 1 is 1.19 bits per heavy atom. The highest BCUT2D eigenvalue weighted by Crippen LogP contribution is 2.29. The van der Waals surface area contributed by atoms with Crippen molar-refractivity contribution in [3.63, 3.8) is 0 Å². The number of likely N-dealkylation sites (tertiary alicyclic amines) is 1. The molecule has 2 atom stereocenters. The Morgan fingerprint density at radius 2 is 1.81 bits per heavy atom. The van der Waals surface area contributed by atoms with Gasteiger partial charge in [0.1, 0.15) is 11.3 Å². The summed E-state index contributed by atoms with van der Waals surface area (Å²) in [5.74, 6) is 0.0817. The molecule has 7 nitrogen and oxygen atoms in total. The van der Waals surface area contributed by atoms with E-state index in [2.05, 4.69) is 24.1 Å². The topological polar surface area (TPSA) is 88.8 Å². The number of piperidine rings is 1. The van der Waals surface area contributed by atoms with Crippen molar-refractivity contribution in [2.75, 3.05) is 31.6 Å². The molecule has 26 heavy (non-hydrogen) atoms. The van der Waals surface area contributed by atoms with E-state index in [-0.39, 0.29) is 47.6 Å².